The second-order valence-corrected chi connectivity index (χ2v) is 17.3. The number of Topliss-reactive ketones (excluding diaryl/α,β-unsaturated/α-hetero) is 4. The molecule has 0 radical (unpaired) electrons. The molecule has 10 heteroatoms. The highest BCUT2D eigenvalue weighted by Gasteiger charge is 2.49. The molecule has 0 saturated heterocycles. The van der Waals surface area contributed by atoms with E-state index >= 15 is 0 Å². The van der Waals surface area contributed by atoms with Crippen LogP contribution in [0.1, 0.15) is 75.7 Å². The fourth-order valence-electron chi connectivity index (χ4n) is 8.15. The van der Waals surface area contributed by atoms with Crippen LogP contribution in [0.25, 0.3) is 34.3 Å². The van der Waals surface area contributed by atoms with Gasteiger partial charge in [-0.05, 0) is 43.4 Å². The fourth-order valence-corrected chi connectivity index (χ4v) is 14.1. The SMILES string of the molecule is CC1(C)C(N=C2C(=O)C3CCCCC3C2=O)=Cc2sc3c(sc4c5sc(N=C6C(=O)C7CCCCC7C6=O)cc5sc34)c21. The molecule has 0 spiro atoms. The van der Waals surface area contributed by atoms with E-state index in [1.54, 1.807) is 45.3 Å². The molecule has 0 aliphatic heterocycles. The Labute approximate surface area is 263 Å². The van der Waals surface area contributed by atoms with Crippen molar-refractivity contribution in [1.29, 1.82) is 0 Å². The minimum atomic E-state index is -0.423. The summed E-state index contributed by atoms with van der Waals surface area (Å²) in [6, 6.07) is 2.03. The van der Waals surface area contributed by atoms with Gasteiger partial charge in [-0.3, -0.25) is 19.2 Å². The lowest BCUT2D eigenvalue weighted by atomic mass is 9.81. The highest BCUT2D eigenvalue weighted by atomic mass is 32.1. The standard InChI is InChI=1S/C33H28N2O4S4/c1-33(2)19(34-22-24(36)13-7-3-4-8-14(13)25(22)37)11-17-21(33)29-31(40-17)32-30(43-29)28-18(41-32)12-20(42-28)35-23-26(38)15-9-5-6-10-16(15)27(23)39/h11-16H,3-10H2,1-2H3. The van der Waals surface area contributed by atoms with Gasteiger partial charge in [-0.1, -0.05) is 39.5 Å². The van der Waals surface area contributed by atoms with Crippen molar-refractivity contribution < 1.29 is 19.2 Å². The minimum Gasteiger partial charge on any atom is -0.292 e. The smallest absolute Gasteiger partial charge is 0.188 e. The van der Waals surface area contributed by atoms with Gasteiger partial charge in [0.15, 0.2) is 28.8 Å². The van der Waals surface area contributed by atoms with Crippen molar-refractivity contribution in [1.82, 2.24) is 0 Å². The summed E-state index contributed by atoms with van der Waals surface area (Å²) in [4.78, 5) is 63.0. The van der Waals surface area contributed by atoms with Crippen LogP contribution in [0.3, 0.4) is 0 Å². The molecule has 43 heavy (non-hydrogen) atoms. The number of thiophene rings is 4. The molecule has 4 atom stereocenters. The van der Waals surface area contributed by atoms with Crippen LogP contribution in [-0.4, -0.2) is 34.6 Å². The predicted octanol–water partition coefficient (Wildman–Crippen LogP) is 8.45. The lowest BCUT2D eigenvalue weighted by molar-refractivity contribution is -0.120. The largest absolute Gasteiger partial charge is 0.292 e. The van der Waals surface area contributed by atoms with Crippen molar-refractivity contribution in [3.8, 4) is 0 Å². The lowest BCUT2D eigenvalue weighted by Gasteiger charge is -2.21. The third kappa shape index (κ3) is 3.61. The third-order valence-electron chi connectivity index (χ3n) is 10.4. The van der Waals surface area contributed by atoms with Crippen molar-refractivity contribution in [2.75, 3.05) is 0 Å². The van der Waals surface area contributed by atoms with Crippen LogP contribution >= 0.6 is 45.3 Å². The van der Waals surface area contributed by atoms with E-state index in [4.69, 9.17) is 4.99 Å². The number of carbonyl (C=O) groups excluding carboxylic acids is 4. The van der Waals surface area contributed by atoms with Crippen LogP contribution in [0.5, 0.6) is 0 Å². The predicted molar refractivity (Wildman–Crippen MR) is 177 cm³/mol. The summed E-state index contributed by atoms with van der Waals surface area (Å²) in [5, 5.41) is 0.729. The molecule has 4 aromatic rings. The van der Waals surface area contributed by atoms with Gasteiger partial charge in [0.1, 0.15) is 10.7 Å². The van der Waals surface area contributed by atoms with E-state index in [1.165, 1.54) is 24.4 Å². The van der Waals surface area contributed by atoms with Crippen molar-refractivity contribution in [3.63, 3.8) is 0 Å². The van der Waals surface area contributed by atoms with E-state index in [-0.39, 0.29) is 58.2 Å². The number of rotatable bonds is 2. The maximum Gasteiger partial charge on any atom is 0.188 e. The molecule has 0 amide bonds. The quantitative estimate of drug-likeness (QED) is 0.219. The Bertz CT molecular complexity index is 2030. The molecule has 0 N–H and O–H groups in total. The number of hydrogen-bond donors (Lipinski definition) is 0. The molecule has 4 fully saturated rings. The van der Waals surface area contributed by atoms with Gasteiger partial charge in [0.25, 0.3) is 0 Å². The second-order valence-electron chi connectivity index (χ2n) is 13.2. The zero-order valence-electron chi connectivity index (χ0n) is 23.8. The summed E-state index contributed by atoms with van der Waals surface area (Å²) in [6.07, 6.45) is 9.34. The van der Waals surface area contributed by atoms with Crippen LogP contribution in [-0.2, 0) is 24.6 Å². The van der Waals surface area contributed by atoms with Gasteiger partial charge in [-0.2, -0.15) is 0 Å². The Balaban J connectivity index is 1.08. The van der Waals surface area contributed by atoms with Gasteiger partial charge in [0, 0.05) is 38.7 Å². The first-order valence-electron chi connectivity index (χ1n) is 15.2. The summed E-state index contributed by atoms with van der Waals surface area (Å²) >= 11 is 6.86. The Morgan fingerprint density at radius 3 is 1.72 bits per heavy atom. The molecule has 9 rings (SSSR count). The molecule has 4 aromatic heterocycles. The van der Waals surface area contributed by atoms with Crippen LogP contribution in [0, 0.1) is 23.7 Å². The van der Waals surface area contributed by atoms with Crippen LogP contribution < -0.4 is 0 Å². The van der Waals surface area contributed by atoms with E-state index in [1.807, 2.05) is 6.07 Å². The van der Waals surface area contributed by atoms with Crippen molar-refractivity contribution in [2.24, 2.45) is 33.7 Å². The summed E-state index contributed by atoms with van der Waals surface area (Å²) in [5.74, 6) is -0.903. The van der Waals surface area contributed by atoms with Crippen LogP contribution in [0.4, 0.5) is 5.00 Å². The highest BCUT2D eigenvalue weighted by molar-refractivity contribution is 7.45. The summed E-state index contributed by atoms with van der Waals surface area (Å²) in [7, 11) is 0. The monoisotopic (exact) mass is 644 g/mol. The Morgan fingerprint density at radius 2 is 1.14 bits per heavy atom. The molecule has 4 unspecified atom stereocenters. The van der Waals surface area contributed by atoms with Crippen LogP contribution in [0.2, 0.25) is 0 Å². The number of fused-ring (bicyclic) bond motifs is 9. The first-order chi connectivity index (χ1) is 20.7. The maximum absolute atomic E-state index is 13.2. The zero-order valence-corrected chi connectivity index (χ0v) is 27.0. The number of nitrogens with zero attached hydrogens (tertiary/aromatic N) is 2. The molecule has 6 nitrogen and oxygen atoms in total. The van der Waals surface area contributed by atoms with E-state index in [2.05, 4.69) is 24.9 Å². The topological polar surface area (TPSA) is 93.0 Å². The lowest BCUT2D eigenvalue weighted by Crippen LogP contribution is -2.21. The van der Waals surface area contributed by atoms with Gasteiger partial charge in [-0.25, -0.2) is 9.98 Å². The molecule has 4 saturated carbocycles. The number of hydrogen-bond acceptors (Lipinski definition) is 10. The second kappa shape index (κ2) is 9.19. The van der Waals surface area contributed by atoms with Crippen molar-refractivity contribution >= 4 is 119 Å². The Morgan fingerprint density at radius 1 is 0.628 bits per heavy atom. The fraction of sp³-hybridized carbons (Fsp3) is 0.455. The average molecular weight is 645 g/mol. The minimum absolute atomic E-state index is 0.0531. The molecule has 5 aliphatic rings. The van der Waals surface area contributed by atoms with Gasteiger partial charge in [0.05, 0.1) is 29.2 Å². The molecule has 5 aliphatic carbocycles. The van der Waals surface area contributed by atoms with Gasteiger partial charge >= 0.3 is 0 Å². The molecular formula is C33H28N2O4S4. The molecule has 218 valence electrons. The van der Waals surface area contributed by atoms with E-state index < -0.39 is 5.41 Å². The normalized spacial score (nSPS) is 28.4. The summed E-state index contributed by atoms with van der Waals surface area (Å²) in [6.45, 7) is 4.29. The first-order valence-corrected chi connectivity index (χ1v) is 18.5. The van der Waals surface area contributed by atoms with E-state index in [0.29, 0.717) is 0 Å². The van der Waals surface area contributed by atoms with Gasteiger partial charge < -0.3 is 0 Å². The molecular weight excluding hydrogens is 617 g/mol. The average Bonchev–Trinajstić information content (AvgIpc) is 3.82. The molecule has 4 heterocycles. The molecule has 0 aromatic carbocycles. The summed E-state index contributed by atoms with van der Waals surface area (Å²) in [5.41, 5.74) is 1.93. The maximum atomic E-state index is 13.2. The zero-order chi connectivity index (χ0) is 29.4. The van der Waals surface area contributed by atoms with Gasteiger partial charge in [-0.15, -0.1) is 45.3 Å². The van der Waals surface area contributed by atoms with Crippen molar-refractivity contribution in [3.05, 3.63) is 22.2 Å². The highest BCUT2D eigenvalue weighted by Crippen LogP contribution is 2.57. The Hall–Kier alpha value is -2.66. The number of allylic oxidation sites excluding steroid dienone is 1. The van der Waals surface area contributed by atoms with E-state index in [9.17, 15) is 19.2 Å². The van der Waals surface area contributed by atoms with Crippen LogP contribution in [0.15, 0.2) is 21.7 Å². The van der Waals surface area contributed by atoms with Gasteiger partial charge in [0.2, 0.25) is 0 Å². The number of aliphatic imine (C=N–C) groups is 2. The molecule has 0 bridgehead atoms. The number of ketones is 4. The first kappa shape index (κ1) is 26.7. The third-order valence-corrected chi connectivity index (χ3v) is 15.6. The van der Waals surface area contributed by atoms with Crippen molar-refractivity contribution in [2.45, 2.75) is 70.6 Å². The Kier molecular flexibility index (Phi) is 5.71. The number of carbonyl (C=O) groups is 4. The van der Waals surface area contributed by atoms with E-state index in [0.717, 1.165) is 76.3 Å². The summed E-state index contributed by atoms with van der Waals surface area (Å²) < 4.78 is 7.29.